The third-order valence-corrected chi connectivity index (χ3v) is 4.63. The summed E-state index contributed by atoms with van der Waals surface area (Å²) in [4.78, 5) is 29.6. The van der Waals surface area contributed by atoms with Gasteiger partial charge in [-0.25, -0.2) is 4.98 Å². The number of aromatic nitrogens is 2. The molecular weight excluding hydrogens is 322 g/mol. The molecule has 3 rings (SSSR count). The molecule has 0 radical (unpaired) electrons. The Morgan fingerprint density at radius 2 is 2.04 bits per heavy atom. The maximum absolute atomic E-state index is 12.3. The van der Waals surface area contributed by atoms with Gasteiger partial charge in [-0.2, -0.15) is 0 Å². The van der Waals surface area contributed by atoms with E-state index in [-0.39, 0.29) is 17.6 Å². The summed E-state index contributed by atoms with van der Waals surface area (Å²) in [6.07, 6.45) is 3.13. The average Bonchev–Trinajstić information content (AvgIpc) is 3.17. The number of aliphatic hydroxyl groups excluding tert-OH is 1. The smallest absolute Gasteiger partial charge is 0.267 e. The molecule has 8 nitrogen and oxygen atoms in total. The van der Waals surface area contributed by atoms with E-state index in [1.165, 1.54) is 0 Å². The molecular formula is C17H23N5O3. The van der Waals surface area contributed by atoms with Crippen molar-refractivity contribution in [1.29, 1.82) is 0 Å². The Bertz CT molecular complexity index is 788. The quantitative estimate of drug-likeness (QED) is 0.635. The summed E-state index contributed by atoms with van der Waals surface area (Å²) in [6.45, 7) is 1.28. The highest BCUT2D eigenvalue weighted by molar-refractivity contribution is 5.93. The monoisotopic (exact) mass is 345 g/mol. The van der Waals surface area contributed by atoms with E-state index < -0.39 is 12.0 Å². The van der Waals surface area contributed by atoms with Crippen molar-refractivity contribution in [2.24, 2.45) is 11.5 Å². The van der Waals surface area contributed by atoms with E-state index >= 15 is 0 Å². The number of carbonyl (C=O) groups excluding carboxylic acids is 2. The van der Waals surface area contributed by atoms with Gasteiger partial charge >= 0.3 is 0 Å². The second kappa shape index (κ2) is 7.20. The molecule has 0 unspecified atom stereocenters. The van der Waals surface area contributed by atoms with Crippen LogP contribution in [0.4, 0.5) is 0 Å². The van der Waals surface area contributed by atoms with Crippen molar-refractivity contribution >= 4 is 22.8 Å². The third-order valence-electron chi connectivity index (χ3n) is 4.63. The molecule has 3 heterocycles. The zero-order valence-electron chi connectivity index (χ0n) is 14.0. The molecule has 2 amide bonds. The van der Waals surface area contributed by atoms with Crippen LogP contribution in [-0.2, 0) is 4.79 Å². The van der Waals surface area contributed by atoms with Gasteiger partial charge in [-0.1, -0.05) is 0 Å². The van der Waals surface area contributed by atoms with E-state index in [1.54, 1.807) is 17.0 Å². The van der Waals surface area contributed by atoms with Crippen LogP contribution in [0.1, 0.15) is 35.8 Å². The van der Waals surface area contributed by atoms with Crippen LogP contribution in [-0.4, -0.2) is 57.1 Å². The summed E-state index contributed by atoms with van der Waals surface area (Å²) >= 11 is 0. The van der Waals surface area contributed by atoms with Gasteiger partial charge in [0.05, 0.1) is 12.1 Å². The van der Waals surface area contributed by atoms with E-state index in [1.807, 2.05) is 16.8 Å². The standard InChI is InChI=1S/C17H23N5O3/c18-7-2-1-3-15(24)21-9-13(14(23)10-21)22-8-6-11-4-5-12(16(19)25)20-17(11)22/h4-6,8,13-14,23H,1-3,7,9-10,18H2,(H2,19,25)/t13-,14-/m1/s1. The van der Waals surface area contributed by atoms with E-state index in [9.17, 15) is 14.7 Å². The first-order chi connectivity index (χ1) is 12.0. The normalized spacial score (nSPS) is 20.3. The van der Waals surface area contributed by atoms with Crippen LogP contribution < -0.4 is 11.5 Å². The van der Waals surface area contributed by atoms with E-state index in [4.69, 9.17) is 11.5 Å². The molecule has 2 aromatic heterocycles. The van der Waals surface area contributed by atoms with Crippen LogP contribution in [0.3, 0.4) is 0 Å². The number of hydrogen-bond acceptors (Lipinski definition) is 5. The van der Waals surface area contributed by atoms with Gasteiger partial charge in [-0.15, -0.1) is 0 Å². The SMILES string of the molecule is NCCCCC(=O)N1C[C@@H](O)[C@H](n2ccc3ccc(C(N)=O)nc32)C1. The minimum absolute atomic E-state index is 0.0252. The minimum Gasteiger partial charge on any atom is -0.389 e. The highest BCUT2D eigenvalue weighted by Gasteiger charge is 2.35. The van der Waals surface area contributed by atoms with Crippen molar-refractivity contribution in [2.45, 2.75) is 31.4 Å². The summed E-state index contributed by atoms with van der Waals surface area (Å²) in [5.41, 5.74) is 11.5. The molecule has 25 heavy (non-hydrogen) atoms. The number of β-amino-alcohol motifs (C(OH)–C–C–N with tert-alkyl or cyclic N) is 1. The molecule has 1 aliphatic rings. The Morgan fingerprint density at radius 1 is 1.24 bits per heavy atom. The fraction of sp³-hybridized carbons (Fsp3) is 0.471. The molecule has 0 saturated carbocycles. The maximum Gasteiger partial charge on any atom is 0.267 e. The van der Waals surface area contributed by atoms with E-state index in [0.717, 1.165) is 18.2 Å². The molecule has 5 N–H and O–H groups in total. The Labute approximate surface area is 145 Å². The van der Waals surface area contributed by atoms with Crippen molar-refractivity contribution in [3.63, 3.8) is 0 Å². The molecule has 8 heteroatoms. The minimum atomic E-state index is -0.687. The van der Waals surface area contributed by atoms with Gasteiger partial charge in [-0.3, -0.25) is 9.59 Å². The Hall–Kier alpha value is -2.45. The lowest BCUT2D eigenvalue weighted by atomic mass is 10.2. The van der Waals surface area contributed by atoms with Gasteiger partial charge in [0.2, 0.25) is 5.91 Å². The number of unbranched alkanes of at least 4 members (excludes halogenated alkanes) is 1. The second-order valence-corrected chi connectivity index (χ2v) is 6.38. The number of rotatable bonds is 6. The first-order valence-electron chi connectivity index (χ1n) is 8.44. The van der Waals surface area contributed by atoms with Crippen molar-refractivity contribution in [2.75, 3.05) is 19.6 Å². The molecule has 134 valence electrons. The summed E-state index contributed by atoms with van der Waals surface area (Å²) in [6, 6.07) is 4.92. The van der Waals surface area contributed by atoms with Crippen molar-refractivity contribution in [3.05, 3.63) is 30.1 Å². The van der Waals surface area contributed by atoms with Crippen molar-refractivity contribution in [1.82, 2.24) is 14.5 Å². The largest absolute Gasteiger partial charge is 0.389 e. The number of carbonyl (C=O) groups is 2. The number of nitrogens with zero attached hydrogens (tertiary/aromatic N) is 3. The summed E-state index contributed by atoms with van der Waals surface area (Å²) in [5.74, 6) is -0.574. The van der Waals surface area contributed by atoms with E-state index in [0.29, 0.717) is 31.7 Å². The van der Waals surface area contributed by atoms with Gasteiger partial charge < -0.3 is 26.0 Å². The molecule has 0 aromatic carbocycles. The number of likely N-dealkylation sites (tertiary alicyclic amines) is 1. The molecule has 1 aliphatic heterocycles. The fourth-order valence-electron chi connectivity index (χ4n) is 3.26. The topological polar surface area (TPSA) is 127 Å². The number of fused-ring (bicyclic) bond motifs is 1. The zero-order valence-corrected chi connectivity index (χ0v) is 14.0. The highest BCUT2D eigenvalue weighted by Crippen LogP contribution is 2.27. The van der Waals surface area contributed by atoms with Crippen LogP contribution in [0.5, 0.6) is 0 Å². The summed E-state index contributed by atoms with van der Waals surface area (Å²) < 4.78 is 1.82. The van der Waals surface area contributed by atoms with Crippen LogP contribution in [0, 0.1) is 0 Å². The Kier molecular flexibility index (Phi) is 5.00. The van der Waals surface area contributed by atoms with Gasteiger partial charge in [0.1, 0.15) is 11.3 Å². The predicted octanol–water partition coefficient (Wildman–Crippen LogP) is 0.00840. The van der Waals surface area contributed by atoms with Crippen molar-refractivity contribution in [3.8, 4) is 0 Å². The molecule has 0 aliphatic carbocycles. The second-order valence-electron chi connectivity index (χ2n) is 6.38. The van der Waals surface area contributed by atoms with Crippen molar-refractivity contribution < 1.29 is 14.7 Å². The number of hydrogen-bond donors (Lipinski definition) is 3. The van der Waals surface area contributed by atoms with Gasteiger partial charge in [0.25, 0.3) is 5.91 Å². The third kappa shape index (κ3) is 3.49. The Balaban J connectivity index is 1.80. The molecule has 1 fully saturated rings. The molecule has 0 bridgehead atoms. The van der Waals surface area contributed by atoms with Gasteiger partial charge in [-0.05, 0) is 37.6 Å². The lowest BCUT2D eigenvalue weighted by Crippen LogP contribution is -2.29. The number of nitrogens with two attached hydrogens (primary N) is 2. The number of pyridine rings is 1. The first-order valence-corrected chi connectivity index (χ1v) is 8.44. The number of aliphatic hydroxyl groups is 1. The molecule has 0 spiro atoms. The number of primary amides is 1. The lowest BCUT2D eigenvalue weighted by molar-refractivity contribution is -0.130. The van der Waals surface area contributed by atoms with E-state index in [2.05, 4.69) is 4.98 Å². The predicted molar refractivity (Wildman–Crippen MR) is 92.8 cm³/mol. The van der Waals surface area contributed by atoms with Crippen LogP contribution in [0.2, 0.25) is 0 Å². The zero-order chi connectivity index (χ0) is 18.0. The molecule has 2 atom stereocenters. The molecule has 2 aromatic rings. The van der Waals surface area contributed by atoms with Gasteiger partial charge in [0, 0.05) is 31.1 Å². The Morgan fingerprint density at radius 3 is 2.76 bits per heavy atom. The van der Waals surface area contributed by atoms with Crippen LogP contribution >= 0.6 is 0 Å². The first kappa shape index (κ1) is 17.4. The number of amides is 2. The maximum atomic E-state index is 12.3. The van der Waals surface area contributed by atoms with Crippen LogP contribution in [0.15, 0.2) is 24.4 Å². The highest BCUT2D eigenvalue weighted by atomic mass is 16.3. The van der Waals surface area contributed by atoms with Crippen LogP contribution in [0.25, 0.3) is 11.0 Å². The average molecular weight is 345 g/mol. The molecule has 1 saturated heterocycles. The fourth-order valence-corrected chi connectivity index (χ4v) is 3.26. The lowest BCUT2D eigenvalue weighted by Gasteiger charge is -2.17. The summed E-state index contributed by atoms with van der Waals surface area (Å²) in [5, 5.41) is 11.3. The summed E-state index contributed by atoms with van der Waals surface area (Å²) in [7, 11) is 0. The van der Waals surface area contributed by atoms with Gasteiger partial charge in [0.15, 0.2) is 0 Å².